The predicted molar refractivity (Wildman–Crippen MR) is 55.3 cm³/mol. The molecule has 0 heterocycles. The fourth-order valence-corrected chi connectivity index (χ4v) is 1.71. The fourth-order valence-electron chi connectivity index (χ4n) is 1.71. The smallest absolute Gasteiger partial charge is 0.314 e. The molecule has 0 unspecified atom stereocenters. The van der Waals surface area contributed by atoms with Gasteiger partial charge >= 0.3 is 6.03 Å². The summed E-state index contributed by atoms with van der Waals surface area (Å²) >= 11 is 0. The quantitative estimate of drug-likeness (QED) is 0.671. The lowest BCUT2D eigenvalue weighted by Crippen LogP contribution is -2.35. The van der Waals surface area contributed by atoms with Crippen molar-refractivity contribution < 1.29 is 9.53 Å². The summed E-state index contributed by atoms with van der Waals surface area (Å²) in [6.45, 7) is 1.22. The van der Waals surface area contributed by atoms with Crippen LogP contribution in [0.5, 0.6) is 0 Å². The zero-order valence-electron chi connectivity index (χ0n) is 8.84. The zero-order chi connectivity index (χ0) is 10.2. The van der Waals surface area contributed by atoms with Gasteiger partial charge in [0.15, 0.2) is 0 Å². The largest absolute Gasteiger partial charge is 0.376 e. The monoisotopic (exact) mass is 200 g/mol. The number of hydrogen-bond donors (Lipinski definition) is 2. The van der Waals surface area contributed by atoms with Crippen LogP contribution in [0.3, 0.4) is 0 Å². The highest BCUT2D eigenvalue weighted by Crippen LogP contribution is 2.19. The van der Waals surface area contributed by atoms with E-state index >= 15 is 0 Å². The lowest BCUT2D eigenvalue weighted by molar-refractivity contribution is 0.0312. The van der Waals surface area contributed by atoms with Gasteiger partial charge < -0.3 is 15.4 Å². The third-order valence-corrected chi connectivity index (χ3v) is 2.52. The summed E-state index contributed by atoms with van der Waals surface area (Å²) in [4.78, 5) is 10.8. The third-order valence-electron chi connectivity index (χ3n) is 2.52. The number of nitrogens with one attached hydrogen (secondary N) is 2. The van der Waals surface area contributed by atoms with Gasteiger partial charge in [-0.25, -0.2) is 4.79 Å². The van der Waals surface area contributed by atoms with Crippen LogP contribution in [0.1, 0.15) is 32.1 Å². The van der Waals surface area contributed by atoms with E-state index in [1.165, 1.54) is 32.1 Å². The summed E-state index contributed by atoms with van der Waals surface area (Å²) in [5.74, 6) is 0. The maximum absolute atomic E-state index is 10.8. The molecule has 0 atom stereocenters. The number of carbonyl (C=O) groups is 1. The van der Waals surface area contributed by atoms with E-state index in [2.05, 4.69) is 10.6 Å². The van der Waals surface area contributed by atoms with Gasteiger partial charge in [0, 0.05) is 13.6 Å². The average Bonchev–Trinajstić information content (AvgIpc) is 2.25. The highest BCUT2D eigenvalue weighted by molar-refractivity contribution is 5.73. The summed E-state index contributed by atoms with van der Waals surface area (Å²) in [6.07, 6.45) is 6.70. The molecule has 0 aliphatic heterocycles. The number of urea groups is 1. The van der Waals surface area contributed by atoms with Gasteiger partial charge in [0.25, 0.3) is 0 Å². The Balaban J connectivity index is 1.94. The maximum Gasteiger partial charge on any atom is 0.314 e. The molecule has 1 aliphatic carbocycles. The van der Waals surface area contributed by atoms with E-state index in [9.17, 15) is 4.79 Å². The van der Waals surface area contributed by atoms with Crippen LogP contribution >= 0.6 is 0 Å². The van der Waals surface area contributed by atoms with Crippen molar-refractivity contribution in [2.45, 2.75) is 38.2 Å². The van der Waals surface area contributed by atoms with Crippen LogP contribution in [0.25, 0.3) is 0 Å². The Morgan fingerprint density at radius 3 is 2.71 bits per heavy atom. The lowest BCUT2D eigenvalue weighted by atomic mass is 9.98. The minimum atomic E-state index is -0.141. The molecular formula is C10H20N2O2. The SMILES string of the molecule is CNC(=O)NCCOC1CCCCC1. The Morgan fingerprint density at radius 1 is 1.36 bits per heavy atom. The summed E-state index contributed by atoms with van der Waals surface area (Å²) in [5, 5.41) is 5.19. The molecule has 0 aromatic rings. The molecule has 0 aromatic carbocycles. The van der Waals surface area contributed by atoms with Gasteiger partial charge in [-0.1, -0.05) is 19.3 Å². The summed E-state index contributed by atoms with van der Waals surface area (Å²) in [7, 11) is 1.61. The topological polar surface area (TPSA) is 50.4 Å². The molecule has 1 aliphatic rings. The van der Waals surface area contributed by atoms with Gasteiger partial charge in [-0.2, -0.15) is 0 Å². The Hall–Kier alpha value is -0.770. The van der Waals surface area contributed by atoms with Gasteiger partial charge in [-0.05, 0) is 12.8 Å². The molecule has 0 saturated heterocycles. The first-order valence-corrected chi connectivity index (χ1v) is 5.40. The Bertz CT molecular complexity index is 168. The molecule has 0 aromatic heterocycles. The molecule has 4 nitrogen and oxygen atoms in total. The van der Waals surface area contributed by atoms with Crippen molar-refractivity contribution in [3.63, 3.8) is 0 Å². The van der Waals surface area contributed by atoms with Crippen LogP contribution < -0.4 is 10.6 Å². The second-order valence-electron chi connectivity index (χ2n) is 3.64. The fraction of sp³-hybridized carbons (Fsp3) is 0.900. The van der Waals surface area contributed by atoms with Crippen molar-refractivity contribution in [2.24, 2.45) is 0 Å². The first-order chi connectivity index (χ1) is 6.83. The van der Waals surface area contributed by atoms with Gasteiger partial charge in [0.05, 0.1) is 12.7 Å². The molecule has 0 bridgehead atoms. The second-order valence-corrected chi connectivity index (χ2v) is 3.64. The van der Waals surface area contributed by atoms with E-state index in [1.807, 2.05) is 0 Å². The first kappa shape index (κ1) is 11.3. The first-order valence-electron chi connectivity index (χ1n) is 5.40. The number of ether oxygens (including phenoxy) is 1. The van der Waals surface area contributed by atoms with E-state index < -0.39 is 0 Å². The van der Waals surface area contributed by atoms with E-state index in [-0.39, 0.29) is 6.03 Å². The molecule has 0 spiro atoms. The van der Waals surface area contributed by atoms with Crippen LogP contribution in [-0.4, -0.2) is 32.3 Å². The van der Waals surface area contributed by atoms with Crippen molar-refractivity contribution in [1.82, 2.24) is 10.6 Å². The maximum atomic E-state index is 10.8. The second kappa shape index (κ2) is 6.65. The molecule has 82 valence electrons. The van der Waals surface area contributed by atoms with Crippen molar-refractivity contribution in [1.29, 1.82) is 0 Å². The predicted octanol–water partition coefficient (Wildman–Crippen LogP) is 1.26. The minimum Gasteiger partial charge on any atom is -0.376 e. The van der Waals surface area contributed by atoms with Crippen molar-refractivity contribution >= 4 is 6.03 Å². The van der Waals surface area contributed by atoms with Gasteiger partial charge in [-0.15, -0.1) is 0 Å². The summed E-state index contributed by atoms with van der Waals surface area (Å²) in [6, 6.07) is -0.141. The molecule has 1 saturated carbocycles. The molecule has 1 fully saturated rings. The van der Waals surface area contributed by atoms with Gasteiger partial charge in [0.2, 0.25) is 0 Å². The Morgan fingerprint density at radius 2 is 2.07 bits per heavy atom. The van der Waals surface area contributed by atoms with Crippen LogP contribution in [0.2, 0.25) is 0 Å². The lowest BCUT2D eigenvalue weighted by Gasteiger charge is -2.21. The molecule has 4 heteroatoms. The highest BCUT2D eigenvalue weighted by atomic mass is 16.5. The van der Waals surface area contributed by atoms with Crippen molar-refractivity contribution in [3.8, 4) is 0 Å². The van der Waals surface area contributed by atoms with E-state index in [4.69, 9.17) is 4.74 Å². The van der Waals surface area contributed by atoms with Crippen LogP contribution in [0.15, 0.2) is 0 Å². The molecule has 2 N–H and O–H groups in total. The third kappa shape index (κ3) is 4.46. The number of hydrogen-bond acceptors (Lipinski definition) is 2. The van der Waals surface area contributed by atoms with Crippen molar-refractivity contribution in [3.05, 3.63) is 0 Å². The average molecular weight is 200 g/mol. The van der Waals surface area contributed by atoms with Crippen LogP contribution in [0.4, 0.5) is 4.79 Å². The van der Waals surface area contributed by atoms with E-state index in [1.54, 1.807) is 7.05 Å². The summed E-state index contributed by atoms with van der Waals surface area (Å²) in [5.41, 5.74) is 0. The summed E-state index contributed by atoms with van der Waals surface area (Å²) < 4.78 is 5.64. The molecule has 14 heavy (non-hydrogen) atoms. The van der Waals surface area contributed by atoms with Crippen LogP contribution in [0, 0.1) is 0 Å². The standard InChI is InChI=1S/C10H20N2O2/c1-11-10(13)12-7-8-14-9-5-3-2-4-6-9/h9H,2-8H2,1H3,(H2,11,12,13). The number of carbonyl (C=O) groups excluding carboxylic acids is 1. The normalized spacial score (nSPS) is 17.8. The van der Waals surface area contributed by atoms with Crippen LogP contribution in [-0.2, 0) is 4.74 Å². The molecule has 0 radical (unpaired) electrons. The minimum absolute atomic E-state index is 0.141. The molecular weight excluding hydrogens is 180 g/mol. The number of amides is 2. The van der Waals surface area contributed by atoms with Gasteiger partial charge in [0.1, 0.15) is 0 Å². The Labute approximate surface area is 85.4 Å². The van der Waals surface area contributed by atoms with Gasteiger partial charge in [-0.3, -0.25) is 0 Å². The van der Waals surface area contributed by atoms with E-state index in [0.29, 0.717) is 19.3 Å². The molecule has 2 amide bonds. The highest BCUT2D eigenvalue weighted by Gasteiger charge is 2.12. The van der Waals surface area contributed by atoms with E-state index in [0.717, 1.165) is 0 Å². The molecule has 1 rings (SSSR count). The van der Waals surface area contributed by atoms with Crippen molar-refractivity contribution in [2.75, 3.05) is 20.2 Å². The zero-order valence-corrected chi connectivity index (χ0v) is 8.84. The number of rotatable bonds is 4. The Kier molecular flexibility index (Phi) is 5.37.